The molecule has 1 saturated carbocycles. The largest absolute Gasteiger partial charge is 0.367 e. The average Bonchev–Trinajstić information content (AvgIpc) is 3.47. The lowest BCUT2D eigenvalue weighted by atomic mass is 10.1. The van der Waals surface area contributed by atoms with Gasteiger partial charge in [-0.15, -0.1) is 0 Å². The van der Waals surface area contributed by atoms with Crippen molar-refractivity contribution in [2.45, 2.75) is 46.1 Å². The van der Waals surface area contributed by atoms with E-state index in [1.165, 1.54) is 11.1 Å². The van der Waals surface area contributed by atoms with Gasteiger partial charge in [-0.3, -0.25) is 9.20 Å². The van der Waals surface area contributed by atoms with Crippen molar-refractivity contribution in [3.63, 3.8) is 0 Å². The van der Waals surface area contributed by atoms with Crippen molar-refractivity contribution in [2.75, 3.05) is 11.9 Å². The topological polar surface area (TPSA) is 71.3 Å². The second-order valence-electron chi connectivity index (χ2n) is 8.44. The molecule has 0 atom stereocenters. The first kappa shape index (κ1) is 19.5. The molecule has 0 unspecified atom stereocenters. The Labute approximate surface area is 181 Å². The van der Waals surface area contributed by atoms with Gasteiger partial charge in [0.1, 0.15) is 0 Å². The molecule has 0 bridgehead atoms. The number of hydrogen-bond acceptors (Lipinski definition) is 4. The molecule has 0 spiro atoms. The molecule has 2 aromatic heterocycles. The molecule has 6 nitrogen and oxygen atoms in total. The summed E-state index contributed by atoms with van der Waals surface area (Å²) in [6.07, 6.45) is 5.07. The molecule has 2 heterocycles. The van der Waals surface area contributed by atoms with Gasteiger partial charge < -0.3 is 10.6 Å². The summed E-state index contributed by atoms with van der Waals surface area (Å²) < 4.78 is 2.17. The van der Waals surface area contributed by atoms with Crippen molar-refractivity contribution in [1.29, 1.82) is 0 Å². The van der Waals surface area contributed by atoms with E-state index in [0.717, 1.165) is 59.6 Å². The highest BCUT2D eigenvalue weighted by Crippen LogP contribution is 2.30. The van der Waals surface area contributed by atoms with Crippen LogP contribution in [0.15, 0.2) is 42.6 Å². The monoisotopic (exact) mass is 413 g/mol. The van der Waals surface area contributed by atoms with Gasteiger partial charge >= 0.3 is 0 Å². The number of hydrogen-bond donors (Lipinski definition) is 2. The van der Waals surface area contributed by atoms with E-state index >= 15 is 0 Å². The number of amides is 1. The fraction of sp³-hybridized carbons (Fsp3) is 0.320. The highest BCUT2D eigenvalue weighted by atomic mass is 16.1. The second-order valence-corrected chi connectivity index (χ2v) is 8.44. The minimum atomic E-state index is -0.000932. The molecule has 4 aromatic rings. The first-order chi connectivity index (χ1) is 15.0. The van der Waals surface area contributed by atoms with Gasteiger partial charge in [0, 0.05) is 23.7 Å². The molecule has 2 N–H and O–H groups in total. The number of nitrogens with zero attached hydrogens (tertiary/aromatic N) is 3. The normalized spacial score (nSPS) is 13.6. The molecule has 5 rings (SSSR count). The highest BCUT2D eigenvalue weighted by molar-refractivity contribution is 5.95. The third kappa shape index (κ3) is 3.63. The van der Waals surface area contributed by atoms with Gasteiger partial charge in [0.05, 0.1) is 22.9 Å². The molecular formula is C25H27N5O. The number of aromatic nitrogens is 3. The number of aryl methyl sites for hydroxylation is 2. The number of fused-ring (bicyclic) bond motifs is 3. The van der Waals surface area contributed by atoms with E-state index in [1.54, 1.807) is 0 Å². The number of imidazole rings is 1. The minimum Gasteiger partial charge on any atom is -0.367 e. The van der Waals surface area contributed by atoms with Crippen molar-refractivity contribution >= 4 is 28.4 Å². The van der Waals surface area contributed by atoms with Gasteiger partial charge in [-0.2, -0.15) is 0 Å². The highest BCUT2D eigenvalue weighted by Gasteiger charge is 2.24. The number of carbonyl (C=O) groups excluding carboxylic acids is 1. The third-order valence-electron chi connectivity index (χ3n) is 5.94. The SMILES string of the molecule is CCCNc1nc2cc(C)c(C)cc2n2c(-c3ccc(C(=O)NC4CC4)cc3)cnc12. The van der Waals surface area contributed by atoms with Crippen LogP contribution in [-0.4, -0.2) is 32.9 Å². The van der Waals surface area contributed by atoms with E-state index in [0.29, 0.717) is 11.6 Å². The fourth-order valence-electron chi connectivity index (χ4n) is 3.84. The summed E-state index contributed by atoms with van der Waals surface area (Å²) in [6.45, 7) is 7.20. The number of rotatable bonds is 6. The Hall–Kier alpha value is -3.41. The lowest BCUT2D eigenvalue weighted by molar-refractivity contribution is 0.0951. The zero-order valence-electron chi connectivity index (χ0n) is 18.2. The Balaban J connectivity index is 1.63. The van der Waals surface area contributed by atoms with Crippen LogP contribution in [0.5, 0.6) is 0 Å². The molecule has 0 radical (unpaired) electrons. The first-order valence-corrected chi connectivity index (χ1v) is 11.0. The summed E-state index contributed by atoms with van der Waals surface area (Å²) in [5, 5.41) is 6.47. The fourth-order valence-corrected chi connectivity index (χ4v) is 3.84. The lowest BCUT2D eigenvalue weighted by Gasteiger charge is -2.13. The number of anilines is 1. The summed E-state index contributed by atoms with van der Waals surface area (Å²) in [7, 11) is 0. The maximum Gasteiger partial charge on any atom is 0.251 e. The van der Waals surface area contributed by atoms with Gasteiger partial charge in [-0.25, -0.2) is 9.97 Å². The Morgan fingerprint density at radius 3 is 2.58 bits per heavy atom. The van der Waals surface area contributed by atoms with Gasteiger partial charge in [0.25, 0.3) is 5.91 Å². The third-order valence-corrected chi connectivity index (χ3v) is 5.94. The summed E-state index contributed by atoms with van der Waals surface area (Å²) in [5.41, 5.74) is 7.91. The Kier molecular flexibility index (Phi) is 4.85. The van der Waals surface area contributed by atoms with Crippen LogP contribution in [0.4, 0.5) is 5.82 Å². The summed E-state index contributed by atoms with van der Waals surface area (Å²) >= 11 is 0. The van der Waals surface area contributed by atoms with Crippen LogP contribution in [-0.2, 0) is 0 Å². The van der Waals surface area contributed by atoms with E-state index in [2.05, 4.69) is 47.9 Å². The smallest absolute Gasteiger partial charge is 0.251 e. The van der Waals surface area contributed by atoms with Crippen LogP contribution in [0, 0.1) is 13.8 Å². The van der Waals surface area contributed by atoms with Gasteiger partial charge in [0.15, 0.2) is 11.5 Å². The maximum absolute atomic E-state index is 12.3. The van der Waals surface area contributed by atoms with Crippen molar-refractivity contribution in [3.05, 3.63) is 59.3 Å². The molecule has 1 aliphatic rings. The predicted molar refractivity (Wildman–Crippen MR) is 125 cm³/mol. The molecule has 1 amide bonds. The van der Waals surface area contributed by atoms with Crippen LogP contribution in [0.3, 0.4) is 0 Å². The van der Waals surface area contributed by atoms with Crippen molar-refractivity contribution in [3.8, 4) is 11.3 Å². The van der Waals surface area contributed by atoms with Crippen LogP contribution >= 0.6 is 0 Å². The van der Waals surface area contributed by atoms with E-state index in [1.807, 2.05) is 30.5 Å². The average molecular weight is 414 g/mol. The second kappa shape index (κ2) is 7.69. The molecule has 158 valence electrons. The minimum absolute atomic E-state index is 0.000932. The summed E-state index contributed by atoms with van der Waals surface area (Å²) in [5.74, 6) is 0.795. The number of benzene rings is 2. The zero-order valence-corrected chi connectivity index (χ0v) is 18.2. The molecule has 1 fully saturated rings. The van der Waals surface area contributed by atoms with Crippen LogP contribution < -0.4 is 10.6 Å². The molecule has 0 aliphatic heterocycles. The molecule has 6 heteroatoms. The Morgan fingerprint density at radius 2 is 1.87 bits per heavy atom. The van der Waals surface area contributed by atoms with Crippen LogP contribution in [0.1, 0.15) is 47.7 Å². The molecule has 0 saturated heterocycles. The maximum atomic E-state index is 12.3. The lowest BCUT2D eigenvalue weighted by Crippen LogP contribution is -2.25. The van der Waals surface area contributed by atoms with Gasteiger partial charge in [-0.05, 0) is 68.5 Å². The standard InChI is InChI=1S/C25H27N5O/c1-4-11-26-23-24-27-14-22(30(24)21-13-16(3)15(2)12-20(21)29-23)17-5-7-18(8-6-17)25(31)28-19-9-10-19/h5-8,12-14,19H,4,9-11H2,1-3H3,(H,26,29)(H,28,31). The first-order valence-electron chi connectivity index (χ1n) is 11.0. The zero-order chi connectivity index (χ0) is 21.5. The van der Waals surface area contributed by atoms with Crippen LogP contribution in [0.2, 0.25) is 0 Å². The van der Waals surface area contributed by atoms with Crippen LogP contribution in [0.25, 0.3) is 27.9 Å². The predicted octanol–water partition coefficient (Wildman–Crippen LogP) is 4.88. The Morgan fingerprint density at radius 1 is 1.13 bits per heavy atom. The quantitative estimate of drug-likeness (QED) is 0.473. The molecule has 31 heavy (non-hydrogen) atoms. The molecule has 2 aromatic carbocycles. The number of nitrogens with one attached hydrogen (secondary N) is 2. The summed E-state index contributed by atoms with van der Waals surface area (Å²) in [4.78, 5) is 21.9. The van der Waals surface area contributed by atoms with E-state index in [4.69, 9.17) is 9.97 Å². The van der Waals surface area contributed by atoms with Crippen molar-refractivity contribution in [2.24, 2.45) is 0 Å². The van der Waals surface area contributed by atoms with E-state index in [-0.39, 0.29) is 5.91 Å². The number of carbonyl (C=O) groups is 1. The van der Waals surface area contributed by atoms with Gasteiger partial charge in [0.2, 0.25) is 0 Å². The molecular weight excluding hydrogens is 386 g/mol. The molecule has 1 aliphatic carbocycles. The van der Waals surface area contributed by atoms with E-state index in [9.17, 15) is 4.79 Å². The Bertz CT molecular complexity index is 1290. The van der Waals surface area contributed by atoms with Crippen molar-refractivity contribution < 1.29 is 4.79 Å². The van der Waals surface area contributed by atoms with Crippen molar-refractivity contribution in [1.82, 2.24) is 19.7 Å². The van der Waals surface area contributed by atoms with Gasteiger partial charge in [-0.1, -0.05) is 19.1 Å². The summed E-state index contributed by atoms with van der Waals surface area (Å²) in [6, 6.07) is 12.4. The van der Waals surface area contributed by atoms with E-state index < -0.39 is 0 Å².